The molecule has 0 saturated heterocycles. The highest BCUT2D eigenvalue weighted by Crippen LogP contribution is 2.24. The van der Waals surface area contributed by atoms with E-state index in [2.05, 4.69) is 20.6 Å². The fourth-order valence-corrected chi connectivity index (χ4v) is 2.04. The maximum absolute atomic E-state index is 8.47. The first-order valence-electron chi connectivity index (χ1n) is 5.59. The summed E-state index contributed by atoms with van der Waals surface area (Å²) in [5, 5.41) is 14.2. The van der Waals surface area contributed by atoms with Crippen LogP contribution in [0.15, 0.2) is 12.4 Å². The molecule has 1 aromatic heterocycles. The minimum Gasteiger partial charge on any atom is -0.370 e. The summed E-state index contributed by atoms with van der Waals surface area (Å²) in [7, 11) is 0. The Labute approximate surface area is 94.9 Å². The van der Waals surface area contributed by atoms with Crippen molar-refractivity contribution in [2.45, 2.75) is 25.7 Å². The van der Waals surface area contributed by atoms with E-state index in [-0.39, 0.29) is 0 Å². The van der Waals surface area contributed by atoms with Gasteiger partial charge in [-0.3, -0.25) is 5.32 Å². The molecule has 1 aliphatic rings. The van der Waals surface area contributed by atoms with Crippen LogP contribution < -0.4 is 10.6 Å². The maximum Gasteiger partial charge on any atom is 0.182 e. The molecule has 1 heterocycles. The smallest absolute Gasteiger partial charge is 0.182 e. The molecule has 1 fully saturated rings. The normalized spacial score (nSPS) is 15.7. The van der Waals surface area contributed by atoms with Crippen molar-refractivity contribution in [1.29, 1.82) is 5.26 Å². The van der Waals surface area contributed by atoms with E-state index in [1.54, 1.807) is 6.07 Å². The van der Waals surface area contributed by atoms with E-state index in [0.717, 1.165) is 18.3 Å². The van der Waals surface area contributed by atoms with E-state index < -0.39 is 0 Å². The van der Waals surface area contributed by atoms with Gasteiger partial charge >= 0.3 is 0 Å². The van der Waals surface area contributed by atoms with Crippen LogP contribution >= 0.6 is 0 Å². The monoisotopic (exact) mass is 217 g/mol. The Hall–Kier alpha value is -1.83. The summed E-state index contributed by atoms with van der Waals surface area (Å²) in [6, 6.07) is 1.75. The number of nitrogens with one attached hydrogen (secondary N) is 2. The molecule has 0 spiro atoms. The van der Waals surface area contributed by atoms with Gasteiger partial charge in [0, 0.05) is 12.6 Å². The third kappa shape index (κ3) is 2.83. The third-order valence-corrected chi connectivity index (χ3v) is 2.90. The number of aromatic nitrogens is 2. The zero-order chi connectivity index (χ0) is 11.2. The molecule has 5 nitrogen and oxygen atoms in total. The summed E-state index contributed by atoms with van der Waals surface area (Å²) < 4.78 is 0. The van der Waals surface area contributed by atoms with E-state index in [4.69, 9.17) is 5.26 Å². The zero-order valence-electron chi connectivity index (χ0n) is 9.11. The molecule has 0 aliphatic heterocycles. The predicted molar refractivity (Wildman–Crippen MR) is 61.7 cm³/mol. The Bertz CT molecular complexity index is 378. The lowest BCUT2D eigenvalue weighted by Gasteiger charge is -2.10. The molecule has 0 bridgehead atoms. The molecule has 0 aromatic carbocycles. The summed E-state index contributed by atoms with van der Waals surface area (Å²) in [4.78, 5) is 8.04. The molecule has 1 saturated carbocycles. The second-order valence-corrected chi connectivity index (χ2v) is 4.06. The first-order valence-corrected chi connectivity index (χ1v) is 5.59. The number of nitriles is 1. The Morgan fingerprint density at radius 3 is 2.81 bits per heavy atom. The quantitative estimate of drug-likeness (QED) is 0.596. The van der Waals surface area contributed by atoms with Crippen molar-refractivity contribution in [3.05, 3.63) is 12.4 Å². The molecule has 0 radical (unpaired) electrons. The van der Waals surface area contributed by atoms with Crippen molar-refractivity contribution in [1.82, 2.24) is 9.97 Å². The summed E-state index contributed by atoms with van der Waals surface area (Å²) in [5.74, 6) is 2.08. The van der Waals surface area contributed by atoms with Gasteiger partial charge in [0.1, 0.15) is 18.0 Å². The topological polar surface area (TPSA) is 73.6 Å². The van der Waals surface area contributed by atoms with Crippen molar-refractivity contribution >= 4 is 11.6 Å². The lowest BCUT2D eigenvalue weighted by molar-refractivity contribution is 0.579. The summed E-state index contributed by atoms with van der Waals surface area (Å²) >= 11 is 0. The van der Waals surface area contributed by atoms with Crippen LogP contribution in [0.2, 0.25) is 0 Å². The molecule has 1 aromatic rings. The van der Waals surface area contributed by atoms with Crippen molar-refractivity contribution in [3.63, 3.8) is 0 Å². The average Bonchev–Trinajstić information content (AvgIpc) is 2.80. The van der Waals surface area contributed by atoms with E-state index in [0.29, 0.717) is 5.82 Å². The molecule has 16 heavy (non-hydrogen) atoms. The van der Waals surface area contributed by atoms with Crippen LogP contribution in [0, 0.1) is 17.4 Å². The largest absolute Gasteiger partial charge is 0.370 e. The van der Waals surface area contributed by atoms with Crippen LogP contribution in [0.5, 0.6) is 0 Å². The molecule has 0 atom stereocenters. The summed E-state index contributed by atoms with van der Waals surface area (Å²) in [6.07, 6.45) is 8.60. The minimum atomic E-state index is 0.534. The number of nitrogens with zero attached hydrogens (tertiary/aromatic N) is 3. The van der Waals surface area contributed by atoms with Gasteiger partial charge in [0.05, 0.1) is 0 Å². The first-order chi connectivity index (χ1) is 7.88. The highest BCUT2D eigenvalue weighted by atomic mass is 15.1. The van der Waals surface area contributed by atoms with Crippen LogP contribution in [0.4, 0.5) is 11.6 Å². The standard InChI is InChI=1S/C11H15N5/c12-7-14-11-5-10(15-8-16-11)13-6-9-3-1-2-4-9/h5,8-9H,1-4,6H2,(H2,13,14,15,16). The van der Waals surface area contributed by atoms with E-state index >= 15 is 0 Å². The predicted octanol–water partition coefficient (Wildman–Crippen LogP) is 1.97. The third-order valence-electron chi connectivity index (χ3n) is 2.90. The Morgan fingerprint density at radius 2 is 2.06 bits per heavy atom. The lowest BCUT2D eigenvalue weighted by atomic mass is 10.1. The van der Waals surface area contributed by atoms with Gasteiger partial charge < -0.3 is 5.32 Å². The Balaban J connectivity index is 1.88. The fraction of sp³-hybridized carbons (Fsp3) is 0.545. The van der Waals surface area contributed by atoms with Crippen molar-refractivity contribution in [3.8, 4) is 6.19 Å². The first kappa shape index (κ1) is 10.7. The molecule has 2 rings (SSSR count). The van der Waals surface area contributed by atoms with Gasteiger partial charge in [0.15, 0.2) is 6.19 Å². The van der Waals surface area contributed by atoms with Gasteiger partial charge in [-0.25, -0.2) is 9.97 Å². The molecular formula is C11H15N5. The molecular weight excluding hydrogens is 202 g/mol. The van der Waals surface area contributed by atoms with E-state index in [9.17, 15) is 0 Å². The van der Waals surface area contributed by atoms with Crippen LogP contribution in [-0.2, 0) is 0 Å². The van der Waals surface area contributed by atoms with E-state index in [1.807, 2.05) is 6.19 Å². The highest BCUT2D eigenvalue weighted by Gasteiger charge is 2.14. The van der Waals surface area contributed by atoms with Crippen molar-refractivity contribution in [2.24, 2.45) is 5.92 Å². The fourth-order valence-electron chi connectivity index (χ4n) is 2.04. The SMILES string of the molecule is N#CNc1cc(NCC2CCCC2)ncn1. The van der Waals surface area contributed by atoms with Gasteiger partial charge in [-0.2, -0.15) is 5.26 Å². The molecule has 84 valence electrons. The summed E-state index contributed by atoms with van der Waals surface area (Å²) in [5.41, 5.74) is 0. The molecule has 1 aliphatic carbocycles. The lowest BCUT2D eigenvalue weighted by Crippen LogP contribution is -2.12. The van der Waals surface area contributed by atoms with E-state index in [1.165, 1.54) is 32.0 Å². The Kier molecular flexibility index (Phi) is 3.54. The molecule has 5 heteroatoms. The van der Waals surface area contributed by atoms with Crippen molar-refractivity contribution in [2.75, 3.05) is 17.2 Å². The van der Waals surface area contributed by atoms with Gasteiger partial charge in [-0.15, -0.1) is 0 Å². The van der Waals surface area contributed by atoms with Crippen molar-refractivity contribution < 1.29 is 0 Å². The molecule has 0 unspecified atom stereocenters. The number of hydrogen-bond acceptors (Lipinski definition) is 5. The highest BCUT2D eigenvalue weighted by molar-refractivity contribution is 5.48. The second-order valence-electron chi connectivity index (χ2n) is 4.06. The van der Waals surface area contributed by atoms with Crippen LogP contribution in [0.3, 0.4) is 0 Å². The van der Waals surface area contributed by atoms with Crippen LogP contribution in [-0.4, -0.2) is 16.5 Å². The van der Waals surface area contributed by atoms with Gasteiger partial charge in [-0.05, 0) is 18.8 Å². The maximum atomic E-state index is 8.47. The van der Waals surface area contributed by atoms with Crippen LogP contribution in [0.1, 0.15) is 25.7 Å². The number of rotatable bonds is 4. The molecule has 2 N–H and O–H groups in total. The number of anilines is 2. The Morgan fingerprint density at radius 1 is 1.31 bits per heavy atom. The minimum absolute atomic E-state index is 0.534. The van der Waals surface area contributed by atoms with Gasteiger partial charge in [-0.1, -0.05) is 12.8 Å². The van der Waals surface area contributed by atoms with Gasteiger partial charge in [0.2, 0.25) is 0 Å². The average molecular weight is 217 g/mol. The second kappa shape index (κ2) is 5.31. The van der Waals surface area contributed by atoms with Crippen LogP contribution in [0.25, 0.3) is 0 Å². The number of hydrogen-bond donors (Lipinski definition) is 2. The van der Waals surface area contributed by atoms with Gasteiger partial charge in [0.25, 0.3) is 0 Å². The summed E-state index contributed by atoms with van der Waals surface area (Å²) in [6.45, 7) is 0.961. The molecule has 0 amide bonds. The zero-order valence-corrected chi connectivity index (χ0v) is 9.11.